The molecule has 0 aromatic carbocycles. The molecule has 1 aromatic heterocycles. The third-order valence-electron chi connectivity index (χ3n) is 3.81. The zero-order valence-corrected chi connectivity index (χ0v) is 15.4. The van der Waals surface area contributed by atoms with Gasteiger partial charge in [0.05, 0.1) is 5.03 Å². The number of likely N-dealkylation sites (tertiary alicyclic amines) is 1. The summed E-state index contributed by atoms with van der Waals surface area (Å²) >= 11 is 1.54. The van der Waals surface area contributed by atoms with Crippen LogP contribution in [0.5, 0.6) is 0 Å². The number of ether oxygens (including phenoxy) is 1. The Balaban J connectivity index is 1.78. The molecule has 0 spiro atoms. The molecular weight excluding hydrogens is 336 g/mol. The molecule has 1 aromatic rings. The molecule has 5 nitrogen and oxygen atoms in total. The Hall–Kier alpha value is -1.31. The number of hydrogen-bond acceptors (Lipinski definition) is 4. The lowest BCUT2D eigenvalue weighted by Crippen LogP contribution is -2.42. The highest BCUT2D eigenvalue weighted by Crippen LogP contribution is 2.29. The van der Waals surface area contributed by atoms with Crippen molar-refractivity contribution in [3.05, 3.63) is 11.8 Å². The van der Waals surface area contributed by atoms with E-state index in [1.807, 2.05) is 20.8 Å². The van der Waals surface area contributed by atoms with Crippen LogP contribution in [0.1, 0.15) is 45.7 Å². The molecule has 1 amide bonds. The normalized spacial score (nSPS) is 16.7. The Bertz CT molecular complexity index is 564. The van der Waals surface area contributed by atoms with Crippen LogP contribution < -0.4 is 0 Å². The number of alkyl halides is 2. The van der Waals surface area contributed by atoms with E-state index in [1.165, 1.54) is 10.7 Å². The van der Waals surface area contributed by atoms with Crippen molar-refractivity contribution in [2.75, 3.05) is 18.8 Å². The Morgan fingerprint density at radius 3 is 2.54 bits per heavy atom. The number of hydrogen-bond donors (Lipinski definition) is 0. The minimum Gasteiger partial charge on any atom is -0.444 e. The second-order valence-corrected chi connectivity index (χ2v) is 8.09. The number of piperidine rings is 1. The number of aromatic nitrogens is 2. The summed E-state index contributed by atoms with van der Waals surface area (Å²) in [7, 11) is 1.68. The summed E-state index contributed by atoms with van der Waals surface area (Å²) < 4.78 is 32.2. The maximum atomic E-state index is 12.7. The molecular formula is C16H25F2N3O2S. The molecule has 0 bridgehead atoms. The number of aryl methyl sites for hydroxylation is 1. The van der Waals surface area contributed by atoms with Crippen LogP contribution in [0.2, 0.25) is 0 Å². The zero-order chi connectivity index (χ0) is 17.9. The number of halogens is 2. The number of thioether (sulfide) groups is 1. The van der Waals surface area contributed by atoms with Gasteiger partial charge in [0, 0.05) is 25.9 Å². The van der Waals surface area contributed by atoms with Gasteiger partial charge < -0.3 is 9.64 Å². The first-order valence-corrected chi connectivity index (χ1v) is 9.07. The number of nitrogens with zero attached hydrogens (tertiary/aromatic N) is 3. The average molecular weight is 361 g/mol. The second kappa shape index (κ2) is 7.72. The number of amides is 1. The summed E-state index contributed by atoms with van der Waals surface area (Å²) in [5, 5.41) is 4.57. The van der Waals surface area contributed by atoms with E-state index in [-0.39, 0.29) is 11.8 Å². The summed E-state index contributed by atoms with van der Waals surface area (Å²) in [5.41, 5.74) is -0.661. The molecule has 0 N–H and O–H groups in total. The van der Waals surface area contributed by atoms with E-state index in [9.17, 15) is 13.6 Å². The van der Waals surface area contributed by atoms with Gasteiger partial charge in [0.2, 0.25) is 0 Å². The van der Waals surface area contributed by atoms with Gasteiger partial charge in [0.25, 0.3) is 6.43 Å². The number of carbonyl (C=O) groups excluding carboxylic acids is 1. The first-order chi connectivity index (χ1) is 11.2. The van der Waals surface area contributed by atoms with Crippen LogP contribution >= 0.6 is 11.8 Å². The van der Waals surface area contributed by atoms with Crippen LogP contribution in [0.4, 0.5) is 13.6 Å². The third kappa shape index (κ3) is 5.36. The third-order valence-corrected chi connectivity index (χ3v) is 5.13. The molecule has 8 heteroatoms. The molecule has 0 radical (unpaired) electrons. The van der Waals surface area contributed by atoms with E-state index >= 15 is 0 Å². The molecule has 0 unspecified atom stereocenters. The molecule has 136 valence electrons. The topological polar surface area (TPSA) is 47.4 Å². The van der Waals surface area contributed by atoms with Crippen LogP contribution in [-0.4, -0.2) is 45.2 Å². The van der Waals surface area contributed by atoms with Crippen molar-refractivity contribution >= 4 is 17.9 Å². The number of rotatable bonds is 4. The predicted molar refractivity (Wildman–Crippen MR) is 89.4 cm³/mol. The van der Waals surface area contributed by atoms with Gasteiger partial charge in [-0.2, -0.15) is 5.10 Å². The van der Waals surface area contributed by atoms with Crippen LogP contribution in [0.25, 0.3) is 0 Å². The van der Waals surface area contributed by atoms with Crippen molar-refractivity contribution in [3.8, 4) is 0 Å². The summed E-state index contributed by atoms with van der Waals surface area (Å²) in [4.78, 5) is 13.8. The monoisotopic (exact) mass is 361 g/mol. The lowest BCUT2D eigenvalue weighted by molar-refractivity contribution is 0.0191. The van der Waals surface area contributed by atoms with Gasteiger partial charge in [-0.1, -0.05) is 0 Å². The van der Waals surface area contributed by atoms with E-state index in [2.05, 4.69) is 5.10 Å². The van der Waals surface area contributed by atoms with Crippen LogP contribution in [-0.2, 0) is 11.8 Å². The Morgan fingerprint density at radius 2 is 2.04 bits per heavy atom. The maximum Gasteiger partial charge on any atom is 0.410 e. The van der Waals surface area contributed by atoms with Crippen molar-refractivity contribution in [2.45, 2.75) is 50.7 Å². The van der Waals surface area contributed by atoms with E-state index in [1.54, 1.807) is 23.7 Å². The fraction of sp³-hybridized carbons (Fsp3) is 0.750. The van der Waals surface area contributed by atoms with Gasteiger partial charge >= 0.3 is 6.09 Å². The lowest BCUT2D eigenvalue weighted by atomic mass is 9.99. The summed E-state index contributed by atoms with van der Waals surface area (Å²) in [6.07, 6.45) is -1.01. The zero-order valence-electron chi connectivity index (χ0n) is 14.6. The fourth-order valence-corrected chi connectivity index (χ4v) is 3.70. The highest BCUT2D eigenvalue weighted by Gasteiger charge is 2.27. The van der Waals surface area contributed by atoms with Crippen molar-refractivity contribution in [1.82, 2.24) is 14.7 Å². The standard InChI is InChI=1S/C16H25F2N3O2S/c1-16(2,3)23-15(22)21-7-5-11(6-8-21)10-24-13-9-12(14(17)18)19-20(13)4/h9,11,14H,5-8,10H2,1-4H3. The molecule has 1 aliphatic heterocycles. The largest absolute Gasteiger partial charge is 0.444 e. The van der Waals surface area contributed by atoms with Crippen LogP contribution in [0.15, 0.2) is 11.1 Å². The van der Waals surface area contributed by atoms with Gasteiger partial charge in [0.1, 0.15) is 11.3 Å². The summed E-state index contributed by atoms with van der Waals surface area (Å²) in [5.74, 6) is 1.29. The van der Waals surface area contributed by atoms with E-state index in [0.29, 0.717) is 19.0 Å². The quantitative estimate of drug-likeness (QED) is 0.758. The maximum absolute atomic E-state index is 12.7. The molecule has 0 saturated carbocycles. The van der Waals surface area contributed by atoms with Crippen molar-refractivity contribution in [3.63, 3.8) is 0 Å². The van der Waals surface area contributed by atoms with E-state index < -0.39 is 12.0 Å². The molecule has 0 aliphatic carbocycles. The van der Waals surface area contributed by atoms with Gasteiger partial charge in [-0.05, 0) is 45.6 Å². The van der Waals surface area contributed by atoms with Crippen molar-refractivity contribution in [2.24, 2.45) is 13.0 Å². The van der Waals surface area contributed by atoms with Crippen LogP contribution in [0.3, 0.4) is 0 Å². The summed E-state index contributed by atoms with van der Waals surface area (Å²) in [6.45, 7) is 6.92. The highest BCUT2D eigenvalue weighted by atomic mass is 32.2. The SMILES string of the molecule is Cn1nc(C(F)F)cc1SCC1CCN(C(=O)OC(C)(C)C)CC1. The van der Waals surface area contributed by atoms with E-state index in [0.717, 1.165) is 23.6 Å². The van der Waals surface area contributed by atoms with Gasteiger partial charge in [-0.25, -0.2) is 13.6 Å². The minimum atomic E-state index is -2.54. The van der Waals surface area contributed by atoms with Gasteiger partial charge in [-0.3, -0.25) is 4.68 Å². The van der Waals surface area contributed by atoms with Crippen molar-refractivity contribution in [1.29, 1.82) is 0 Å². The predicted octanol–water partition coefficient (Wildman–Crippen LogP) is 4.10. The van der Waals surface area contributed by atoms with Gasteiger partial charge in [0.15, 0.2) is 0 Å². The molecule has 0 atom stereocenters. The molecule has 1 aliphatic rings. The Kier molecular flexibility index (Phi) is 6.11. The first kappa shape index (κ1) is 19.0. The molecule has 24 heavy (non-hydrogen) atoms. The lowest BCUT2D eigenvalue weighted by Gasteiger charge is -2.33. The molecule has 2 rings (SSSR count). The van der Waals surface area contributed by atoms with Gasteiger partial charge in [-0.15, -0.1) is 11.8 Å². The second-order valence-electron chi connectivity index (χ2n) is 7.05. The van der Waals surface area contributed by atoms with Crippen molar-refractivity contribution < 1.29 is 18.3 Å². The van der Waals surface area contributed by atoms with E-state index in [4.69, 9.17) is 4.74 Å². The highest BCUT2D eigenvalue weighted by molar-refractivity contribution is 7.99. The average Bonchev–Trinajstić information content (AvgIpc) is 2.85. The number of carbonyl (C=O) groups is 1. The molecule has 1 saturated heterocycles. The fourth-order valence-electron chi connectivity index (χ4n) is 2.52. The molecule has 2 heterocycles. The Morgan fingerprint density at radius 1 is 1.42 bits per heavy atom. The Labute approximate surface area is 145 Å². The summed E-state index contributed by atoms with van der Waals surface area (Å²) in [6, 6.07) is 1.45. The first-order valence-electron chi connectivity index (χ1n) is 8.08. The minimum absolute atomic E-state index is 0.181. The van der Waals surface area contributed by atoms with Crippen LogP contribution in [0, 0.1) is 5.92 Å². The molecule has 1 fully saturated rings. The smallest absolute Gasteiger partial charge is 0.410 e.